The molecule has 0 aromatic carbocycles. The summed E-state index contributed by atoms with van der Waals surface area (Å²) >= 11 is 9.10. The minimum atomic E-state index is 0.00552. The smallest absolute Gasteiger partial charge is 0.224 e. The van der Waals surface area contributed by atoms with Crippen molar-refractivity contribution < 1.29 is 4.42 Å². The van der Waals surface area contributed by atoms with Gasteiger partial charge in [-0.3, -0.25) is 0 Å². The molecular weight excluding hydrogens is 305 g/mol. The van der Waals surface area contributed by atoms with Crippen molar-refractivity contribution in [2.75, 3.05) is 5.32 Å². The molecule has 2 aromatic heterocycles. The van der Waals surface area contributed by atoms with Crippen LogP contribution in [-0.2, 0) is 0 Å². The van der Waals surface area contributed by atoms with Crippen molar-refractivity contribution in [1.29, 1.82) is 0 Å². The van der Waals surface area contributed by atoms with Crippen molar-refractivity contribution in [1.82, 2.24) is 9.97 Å². The zero-order valence-corrected chi connectivity index (χ0v) is 11.7. The number of anilines is 1. The van der Waals surface area contributed by atoms with E-state index in [0.717, 1.165) is 16.0 Å². The number of furan rings is 1. The first-order chi connectivity index (χ1) is 8.06. The molecule has 4 nitrogen and oxygen atoms in total. The van der Waals surface area contributed by atoms with Gasteiger partial charge in [0.15, 0.2) is 0 Å². The molecule has 2 rings (SSSR count). The van der Waals surface area contributed by atoms with Crippen LogP contribution in [0.15, 0.2) is 27.2 Å². The maximum atomic E-state index is 5.74. The third kappa shape index (κ3) is 2.98. The zero-order valence-electron chi connectivity index (χ0n) is 9.37. The van der Waals surface area contributed by atoms with E-state index >= 15 is 0 Å². The molecule has 0 saturated carbocycles. The second kappa shape index (κ2) is 5.06. The van der Waals surface area contributed by atoms with Crippen LogP contribution in [0.2, 0.25) is 5.28 Å². The Hall–Kier alpha value is -1.07. The van der Waals surface area contributed by atoms with Gasteiger partial charge in [0, 0.05) is 6.20 Å². The maximum absolute atomic E-state index is 5.74. The number of aromatic nitrogens is 2. The number of aryl methyl sites for hydroxylation is 1. The second-order valence-electron chi connectivity index (χ2n) is 3.65. The Bertz CT molecular complexity index is 529. The first kappa shape index (κ1) is 12.4. The predicted octanol–water partition coefficient (Wildman–Crippen LogP) is 3.97. The van der Waals surface area contributed by atoms with Crippen molar-refractivity contribution in [2.45, 2.75) is 19.9 Å². The van der Waals surface area contributed by atoms with Gasteiger partial charge >= 0.3 is 0 Å². The van der Waals surface area contributed by atoms with Crippen molar-refractivity contribution in [2.24, 2.45) is 0 Å². The molecule has 0 aliphatic carbocycles. The van der Waals surface area contributed by atoms with E-state index in [1.165, 1.54) is 0 Å². The Morgan fingerprint density at radius 3 is 2.88 bits per heavy atom. The van der Waals surface area contributed by atoms with E-state index in [4.69, 9.17) is 16.0 Å². The minimum Gasteiger partial charge on any atom is -0.464 e. The largest absolute Gasteiger partial charge is 0.464 e. The predicted molar refractivity (Wildman–Crippen MR) is 70.2 cm³/mol. The Labute approximate surface area is 113 Å². The highest BCUT2D eigenvalue weighted by atomic mass is 79.9. The molecule has 0 amide bonds. The van der Waals surface area contributed by atoms with E-state index < -0.39 is 0 Å². The Balaban J connectivity index is 2.18. The average Bonchev–Trinajstić information content (AvgIpc) is 2.70. The van der Waals surface area contributed by atoms with Crippen LogP contribution in [0.1, 0.15) is 24.5 Å². The highest BCUT2D eigenvalue weighted by Gasteiger charge is 2.12. The van der Waals surface area contributed by atoms with Crippen molar-refractivity contribution in [3.63, 3.8) is 0 Å². The third-order valence-corrected chi connectivity index (χ3v) is 3.02. The summed E-state index contributed by atoms with van der Waals surface area (Å²) in [5, 5.41) is 3.41. The molecule has 6 heteroatoms. The van der Waals surface area contributed by atoms with E-state index in [9.17, 15) is 0 Å². The third-order valence-electron chi connectivity index (χ3n) is 2.26. The summed E-state index contributed by atoms with van der Waals surface area (Å²) < 4.78 is 6.29. The Morgan fingerprint density at radius 1 is 1.47 bits per heavy atom. The molecule has 0 fully saturated rings. The van der Waals surface area contributed by atoms with Crippen molar-refractivity contribution in [3.05, 3.63) is 39.6 Å². The molecule has 90 valence electrons. The SMILES string of the molecule is Cc1ccc(C(C)Nc2nc(Cl)ncc2Br)o1. The molecule has 0 bridgehead atoms. The summed E-state index contributed by atoms with van der Waals surface area (Å²) in [6.07, 6.45) is 1.61. The molecule has 2 aromatic rings. The normalized spacial score (nSPS) is 12.5. The summed E-state index contributed by atoms with van der Waals surface area (Å²) in [7, 11) is 0. The van der Waals surface area contributed by atoms with Crippen LogP contribution in [0.3, 0.4) is 0 Å². The molecule has 1 unspecified atom stereocenters. The molecule has 1 N–H and O–H groups in total. The molecule has 0 aliphatic heterocycles. The van der Waals surface area contributed by atoms with Crippen LogP contribution in [0.5, 0.6) is 0 Å². The van der Waals surface area contributed by atoms with E-state index in [-0.39, 0.29) is 11.3 Å². The topological polar surface area (TPSA) is 51.0 Å². The van der Waals surface area contributed by atoms with E-state index in [1.54, 1.807) is 6.20 Å². The quantitative estimate of drug-likeness (QED) is 0.871. The van der Waals surface area contributed by atoms with Gasteiger partial charge in [0.1, 0.15) is 17.3 Å². The Morgan fingerprint density at radius 2 is 2.24 bits per heavy atom. The summed E-state index contributed by atoms with van der Waals surface area (Å²) in [6, 6.07) is 3.87. The van der Waals surface area contributed by atoms with Crippen molar-refractivity contribution in [3.8, 4) is 0 Å². The first-order valence-electron chi connectivity index (χ1n) is 5.07. The van der Waals surface area contributed by atoms with Gasteiger partial charge in [-0.2, -0.15) is 4.98 Å². The van der Waals surface area contributed by atoms with Gasteiger partial charge in [0.2, 0.25) is 5.28 Å². The van der Waals surface area contributed by atoms with Crippen LogP contribution in [0, 0.1) is 6.92 Å². The minimum absolute atomic E-state index is 0.00552. The van der Waals surface area contributed by atoms with E-state index in [2.05, 4.69) is 31.2 Å². The lowest BCUT2D eigenvalue weighted by Crippen LogP contribution is -2.08. The molecule has 17 heavy (non-hydrogen) atoms. The van der Waals surface area contributed by atoms with Gasteiger partial charge in [-0.05, 0) is 53.5 Å². The van der Waals surface area contributed by atoms with Crippen LogP contribution in [0.4, 0.5) is 5.82 Å². The standard InChI is InChI=1S/C11H11BrClN3O/c1-6-3-4-9(17-6)7(2)15-10-8(12)5-14-11(13)16-10/h3-5,7H,1-2H3,(H,14,15,16). The van der Waals surface area contributed by atoms with Crippen LogP contribution >= 0.6 is 27.5 Å². The molecule has 0 aliphatic rings. The number of nitrogens with zero attached hydrogens (tertiary/aromatic N) is 2. The molecule has 0 saturated heterocycles. The fourth-order valence-electron chi connectivity index (χ4n) is 1.41. The number of hydrogen-bond acceptors (Lipinski definition) is 4. The fraction of sp³-hybridized carbons (Fsp3) is 0.273. The van der Waals surface area contributed by atoms with Gasteiger partial charge in [0.25, 0.3) is 0 Å². The highest BCUT2D eigenvalue weighted by Crippen LogP contribution is 2.25. The maximum Gasteiger partial charge on any atom is 0.224 e. The van der Waals surface area contributed by atoms with Crippen LogP contribution in [0.25, 0.3) is 0 Å². The first-order valence-corrected chi connectivity index (χ1v) is 6.24. The lowest BCUT2D eigenvalue weighted by molar-refractivity contribution is 0.466. The monoisotopic (exact) mass is 315 g/mol. The number of hydrogen-bond donors (Lipinski definition) is 1. The summed E-state index contributed by atoms with van der Waals surface area (Å²) in [5.41, 5.74) is 0. The van der Waals surface area contributed by atoms with E-state index in [1.807, 2.05) is 26.0 Å². The lowest BCUT2D eigenvalue weighted by Gasteiger charge is -2.13. The molecule has 0 radical (unpaired) electrons. The summed E-state index contributed by atoms with van der Waals surface area (Å²) in [4.78, 5) is 7.97. The van der Waals surface area contributed by atoms with Crippen molar-refractivity contribution >= 4 is 33.3 Å². The number of halogens is 2. The molecule has 1 atom stereocenters. The molecular formula is C11H11BrClN3O. The summed E-state index contributed by atoms with van der Waals surface area (Å²) in [6.45, 7) is 3.90. The average molecular weight is 317 g/mol. The van der Waals surface area contributed by atoms with Gasteiger partial charge in [0.05, 0.1) is 10.5 Å². The van der Waals surface area contributed by atoms with Crippen LogP contribution < -0.4 is 5.32 Å². The number of rotatable bonds is 3. The fourth-order valence-corrected chi connectivity index (χ4v) is 1.85. The molecule has 0 spiro atoms. The van der Waals surface area contributed by atoms with Gasteiger partial charge in [-0.25, -0.2) is 4.98 Å². The summed E-state index contributed by atoms with van der Waals surface area (Å²) in [5.74, 6) is 2.38. The molecule has 2 heterocycles. The van der Waals surface area contributed by atoms with E-state index in [0.29, 0.717) is 5.82 Å². The van der Waals surface area contributed by atoms with Gasteiger partial charge < -0.3 is 9.73 Å². The van der Waals surface area contributed by atoms with Crippen LogP contribution in [-0.4, -0.2) is 9.97 Å². The van der Waals surface area contributed by atoms with Gasteiger partial charge in [-0.1, -0.05) is 0 Å². The highest BCUT2D eigenvalue weighted by molar-refractivity contribution is 9.10. The van der Waals surface area contributed by atoms with Gasteiger partial charge in [-0.15, -0.1) is 0 Å². The second-order valence-corrected chi connectivity index (χ2v) is 4.84. The zero-order chi connectivity index (χ0) is 12.4. The Kier molecular flexibility index (Phi) is 3.69. The number of nitrogens with one attached hydrogen (secondary N) is 1. The lowest BCUT2D eigenvalue weighted by atomic mass is 10.2.